The molecule has 0 bridgehead atoms. The maximum absolute atomic E-state index is 14.3. The number of carbonyl (C=O) groups is 2. The molecule has 0 radical (unpaired) electrons. The summed E-state index contributed by atoms with van der Waals surface area (Å²) in [7, 11) is 0. The van der Waals surface area contributed by atoms with E-state index < -0.39 is 17.6 Å². The normalized spacial score (nSPS) is 20.0. The standard InChI is InChI=1S/C16H23FN6O2/c1-8(18)6-13(24)22-15-9(14(20)25)7-10(17)16(23-15)21-12-5-3-2-4-11(12)19/h7,11-12,18H,2-6,19H2,1H3,(H2,20,25)(H2,21,22,23,24). The molecule has 8 nitrogen and oxygen atoms in total. The Morgan fingerprint density at radius 1 is 1.36 bits per heavy atom. The number of rotatable bonds is 6. The lowest BCUT2D eigenvalue weighted by atomic mass is 9.91. The van der Waals surface area contributed by atoms with Crippen molar-refractivity contribution in [3.8, 4) is 0 Å². The number of hydrogen-bond acceptors (Lipinski definition) is 6. The van der Waals surface area contributed by atoms with Crippen LogP contribution in [0.4, 0.5) is 16.0 Å². The molecule has 136 valence electrons. The fourth-order valence-corrected chi connectivity index (χ4v) is 2.80. The van der Waals surface area contributed by atoms with Gasteiger partial charge in [-0.2, -0.15) is 0 Å². The second-order valence-electron chi connectivity index (χ2n) is 6.28. The van der Waals surface area contributed by atoms with Crippen LogP contribution in [0, 0.1) is 11.2 Å². The quantitative estimate of drug-likeness (QED) is 0.492. The maximum Gasteiger partial charge on any atom is 0.252 e. The Morgan fingerprint density at radius 3 is 2.64 bits per heavy atom. The molecule has 1 fully saturated rings. The van der Waals surface area contributed by atoms with E-state index in [1.807, 2.05) is 0 Å². The van der Waals surface area contributed by atoms with Crippen LogP contribution >= 0.6 is 0 Å². The highest BCUT2D eigenvalue weighted by Gasteiger charge is 2.24. The third-order valence-corrected chi connectivity index (χ3v) is 4.07. The van der Waals surface area contributed by atoms with Crippen LogP contribution in [0.3, 0.4) is 0 Å². The van der Waals surface area contributed by atoms with Crippen molar-refractivity contribution in [2.45, 2.75) is 51.1 Å². The van der Waals surface area contributed by atoms with Gasteiger partial charge in [-0.05, 0) is 25.8 Å². The van der Waals surface area contributed by atoms with Gasteiger partial charge < -0.3 is 27.5 Å². The first-order valence-corrected chi connectivity index (χ1v) is 8.14. The van der Waals surface area contributed by atoms with E-state index in [1.54, 1.807) is 0 Å². The van der Waals surface area contributed by atoms with Crippen molar-refractivity contribution in [2.75, 3.05) is 10.6 Å². The maximum atomic E-state index is 14.3. The molecule has 9 heteroatoms. The largest absolute Gasteiger partial charge is 0.365 e. The highest BCUT2D eigenvalue weighted by molar-refractivity contribution is 6.07. The Balaban J connectivity index is 2.28. The number of hydrogen-bond donors (Lipinski definition) is 5. The van der Waals surface area contributed by atoms with E-state index in [-0.39, 0.29) is 41.4 Å². The van der Waals surface area contributed by atoms with Gasteiger partial charge >= 0.3 is 0 Å². The second-order valence-corrected chi connectivity index (χ2v) is 6.28. The molecule has 1 aliphatic rings. The molecular weight excluding hydrogens is 327 g/mol. The first-order chi connectivity index (χ1) is 11.8. The van der Waals surface area contributed by atoms with Crippen molar-refractivity contribution in [1.29, 1.82) is 5.41 Å². The summed E-state index contributed by atoms with van der Waals surface area (Å²) in [6.07, 6.45) is 3.47. The number of pyridine rings is 1. The zero-order valence-corrected chi connectivity index (χ0v) is 14.1. The molecule has 25 heavy (non-hydrogen) atoms. The molecular formula is C16H23FN6O2. The van der Waals surface area contributed by atoms with Crippen LogP contribution in [0.5, 0.6) is 0 Å². The summed E-state index contributed by atoms with van der Waals surface area (Å²) in [5.41, 5.74) is 11.2. The lowest BCUT2D eigenvalue weighted by Gasteiger charge is -2.30. The number of carbonyl (C=O) groups excluding carboxylic acids is 2. The molecule has 2 atom stereocenters. The highest BCUT2D eigenvalue weighted by Crippen LogP contribution is 2.25. The third kappa shape index (κ3) is 4.96. The van der Waals surface area contributed by atoms with E-state index in [4.69, 9.17) is 16.9 Å². The van der Waals surface area contributed by atoms with Gasteiger partial charge in [-0.25, -0.2) is 9.37 Å². The van der Waals surface area contributed by atoms with Crippen molar-refractivity contribution in [2.24, 2.45) is 11.5 Å². The van der Waals surface area contributed by atoms with Crippen LogP contribution in [0.1, 0.15) is 49.4 Å². The summed E-state index contributed by atoms with van der Waals surface area (Å²) < 4.78 is 14.3. The highest BCUT2D eigenvalue weighted by atomic mass is 19.1. The minimum atomic E-state index is -0.908. The number of nitrogens with zero attached hydrogens (tertiary/aromatic N) is 1. The fourth-order valence-electron chi connectivity index (χ4n) is 2.80. The molecule has 1 aromatic heterocycles. The number of halogens is 1. The molecule has 2 amide bonds. The number of nitrogens with two attached hydrogens (primary N) is 2. The molecule has 1 aliphatic carbocycles. The molecule has 0 saturated heterocycles. The number of nitrogens with one attached hydrogen (secondary N) is 3. The topological polar surface area (TPSA) is 147 Å². The molecule has 2 rings (SSSR count). The van der Waals surface area contributed by atoms with E-state index >= 15 is 0 Å². The fraction of sp³-hybridized carbons (Fsp3) is 0.500. The van der Waals surface area contributed by atoms with E-state index in [0.717, 1.165) is 31.7 Å². The van der Waals surface area contributed by atoms with Crippen molar-refractivity contribution in [3.63, 3.8) is 0 Å². The Hall–Kier alpha value is -2.55. The van der Waals surface area contributed by atoms with E-state index in [2.05, 4.69) is 15.6 Å². The minimum absolute atomic E-state index is 0.0887. The van der Waals surface area contributed by atoms with Crippen LogP contribution in [0.15, 0.2) is 6.07 Å². The van der Waals surface area contributed by atoms with Gasteiger partial charge in [0, 0.05) is 17.8 Å². The van der Waals surface area contributed by atoms with E-state index in [9.17, 15) is 14.0 Å². The van der Waals surface area contributed by atoms with Gasteiger partial charge in [-0.1, -0.05) is 12.8 Å². The summed E-state index contributed by atoms with van der Waals surface area (Å²) in [5.74, 6) is -2.40. The number of anilines is 2. The molecule has 0 aliphatic heterocycles. The minimum Gasteiger partial charge on any atom is -0.365 e. The van der Waals surface area contributed by atoms with Crippen molar-refractivity contribution < 1.29 is 14.0 Å². The number of aromatic nitrogens is 1. The molecule has 1 heterocycles. The van der Waals surface area contributed by atoms with Crippen molar-refractivity contribution >= 4 is 29.2 Å². The van der Waals surface area contributed by atoms with Gasteiger partial charge in [0.25, 0.3) is 5.91 Å². The van der Waals surface area contributed by atoms with Gasteiger partial charge in [-0.15, -0.1) is 0 Å². The van der Waals surface area contributed by atoms with Gasteiger partial charge in [-0.3, -0.25) is 9.59 Å². The van der Waals surface area contributed by atoms with Gasteiger partial charge in [0.15, 0.2) is 11.6 Å². The van der Waals surface area contributed by atoms with E-state index in [1.165, 1.54) is 6.92 Å². The molecule has 2 unspecified atom stereocenters. The lowest BCUT2D eigenvalue weighted by molar-refractivity contribution is -0.115. The Labute approximate surface area is 145 Å². The summed E-state index contributed by atoms with van der Waals surface area (Å²) in [5, 5.41) is 12.7. The molecule has 0 spiro atoms. The lowest BCUT2D eigenvalue weighted by Crippen LogP contribution is -2.43. The van der Waals surface area contributed by atoms with Gasteiger partial charge in [0.2, 0.25) is 5.91 Å². The smallest absolute Gasteiger partial charge is 0.252 e. The number of primary amides is 1. The summed E-state index contributed by atoms with van der Waals surface area (Å²) in [4.78, 5) is 27.4. The Kier molecular flexibility index (Phi) is 6.02. The summed E-state index contributed by atoms with van der Waals surface area (Å²) >= 11 is 0. The van der Waals surface area contributed by atoms with E-state index in [0.29, 0.717) is 0 Å². The van der Waals surface area contributed by atoms with Crippen LogP contribution in [-0.4, -0.2) is 34.6 Å². The molecule has 1 saturated carbocycles. The van der Waals surface area contributed by atoms with Gasteiger partial charge in [0.1, 0.15) is 5.82 Å². The van der Waals surface area contributed by atoms with Gasteiger partial charge in [0.05, 0.1) is 12.0 Å². The molecule has 7 N–H and O–H groups in total. The molecule has 0 aromatic carbocycles. The zero-order chi connectivity index (χ0) is 18.6. The molecule has 1 aromatic rings. The Morgan fingerprint density at radius 2 is 2.04 bits per heavy atom. The zero-order valence-electron chi connectivity index (χ0n) is 14.1. The summed E-state index contributed by atoms with van der Waals surface area (Å²) in [6.45, 7) is 1.48. The predicted molar refractivity (Wildman–Crippen MR) is 93.2 cm³/mol. The van der Waals surface area contributed by atoms with Crippen LogP contribution in [0.25, 0.3) is 0 Å². The average Bonchev–Trinajstić information content (AvgIpc) is 2.51. The van der Waals surface area contributed by atoms with Crippen LogP contribution in [0.2, 0.25) is 0 Å². The monoisotopic (exact) mass is 350 g/mol. The third-order valence-electron chi connectivity index (χ3n) is 4.07. The van der Waals surface area contributed by atoms with Crippen molar-refractivity contribution in [1.82, 2.24) is 4.98 Å². The summed E-state index contributed by atoms with van der Waals surface area (Å²) in [6, 6.07) is 0.686. The average molecular weight is 350 g/mol. The second kappa shape index (κ2) is 8.02. The van der Waals surface area contributed by atoms with Crippen LogP contribution < -0.4 is 22.1 Å². The first kappa shape index (κ1) is 18.8. The predicted octanol–water partition coefficient (Wildman–Crippen LogP) is 1.37. The number of amides is 2. The Bertz CT molecular complexity index is 693. The first-order valence-electron chi connectivity index (χ1n) is 8.14. The van der Waals surface area contributed by atoms with Crippen molar-refractivity contribution in [3.05, 3.63) is 17.4 Å². The SMILES string of the molecule is CC(=N)CC(=O)Nc1nc(NC2CCCCC2N)c(F)cc1C(N)=O. The van der Waals surface area contributed by atoms with Crippen LogP contribution in [-0.2, 0) is 4.79 Å².